The average molecular weight is 1070 g/mol. The first-order valence-electron chi connectivity index (χ1n) is 24.7. The molecule has 0 saturated carbocycles. The van der Waals surface area contributed by atoms with Crippen molar-refractivity contribution in [2.24, 2.45) is 17.2 Å². The minimum absolute atomic E-state index is 0.00750. The van der Waals surface area contributed by atoms with Crippen LogP contribution in [0.25, 0.3) is 10.9 Å². The zero-order chi connectivity index (χ0) is 54.2. The van der Waals surface area contributed by atoms with Crippen LogP contribution in [0.2, 0.25) is 0 Å². The molecule has 17 N–H and O–H groups in total. The minimum Gasteiger partial charge on any atom is -0.481 e. The molecule has 2 fully saturated rings. The number of para-hydroxylation sites is 1. The summed E-state index contributed by atoms with van der Waals surface area (Å²) in [6.45, 7) is 3.59. The molecule has 25 heteroatoms. The Hall–Kier alpha value is -6.25. The number of benzene rings is 2. The molecule has 2 saturated heterocycles. The average Bonchev–Trinajstić information content (AvgIpc) is 4.06. The molecule has 2 aliphatic heterocycles. The molecule has 0 radical (unpaired) electrons. The maximum absolute atomic E-state index is 14.7. The van der Waals surface area contributed by atoms with E-state index in [1.807, 2.05) is 24.3 Å². The van der Waals surface area contributed by atoms with Gasteiger partial charge in [-0.15, -0.1) is 0 Å². The molecule has 0 spiro atoms. The number of carboxylic acid groups (broad SMARTS) is 1. The van der Waals surface area contributed by atoms with E-state index in [2.05, 4.69) is 47.5 Å². The van der Waals surface area contributed by atoms with Crippen molar-refractivity contribution in [3.05, 3.63) is 71.9 Å². The lowest BCUT2D eigenvalue weighted by Crippen LogP contribution is -2.62. The van der Waals surface area contributed by atoms with Crippen LogP contribution in [0.3, 0.4) is 0 Å². The summed E-state index contributed by atoms with van der Waals surface area (Å²) in [5, 5.41) is 41.3. The number of rotatable bonds is 18. The summed E-state index contributed by atoms with van der Waals surface area (Å²) < 4.78 is 0. The van der Waals surface area contributed by atoms with E-state index < -0.39 is 108 Å². The van der Waals surface area contributed by atoms with Gasteiger partial charge in [0.1, 0.15) is 42.3 Å². The lowest BCUT2D eigenvalue weighted by molar-refractivity contribution is -0.136. The Balaban J connectivity index is 0.00000286. The van der Waals surface area contributed by atoms with Gasteiger partial charge in [-0.1, -0.05) is 70.1 Å². The van der Waals surface area contributed by atoms with Crippen molar-refractivity contribution in [1.29, 1.82) is 0 Å². The Morgan fingerprint density at radius 3 is 1.99 bits per heavy atom. The fourth-order valence-corrected chi connectivity index (χ4v) is 10.4. The van der Waals surface area contributed by atoms with Crippen LogP contribution in [0.5, 0.6) is 0 Å². The third kappa shape index (κ3) is 19.9. The first-order chi connectivity index (χ1) is 35.4. The van der Waals surface area contributed by atoms with Gasteiger partial charge in [-0.2, -0.15) is 0 Å². The standard InChI is InChI=1S/C47H68N12O9S2.C2H4O2/c1-27(60)39-47(68)58-38(45(66)53-32(40(50)61)16-7-9-19-48)26-70-69-25-37(57-41(62)33-18-11-21-51-33)46(67)55-35(22-28-12-3-2-4-13-28)43(64)56-36(23-29-24-52-31-15-6-5-14-30(29)31)44(65)54-34(42(63)59-39)17-8-10-20-49;1-2(3)4/h2-6,12-15,24,27,32-39,51-52,60H,7-11,16-23,25-26,48-49H2,1H3,(H2,50,61)(H,53,66)(H,54,65)(H,55,67)(H,56,64)(H,57,62)(H,58,68)(H,59,63);1H3,(H,3,4)/t27-,32+,33+,34?,35+,36-,37?,38+,39?;/m1./s1. The number of nitrogens with two attached hydrogens (primary N) is 3. The number of hydrogen-bond donors (Lipinski definition) is 14. The van der Waals surface area contributed by atoms with Crippen molar-refractivity contribution >= 4 is 85.7 Å². The molecule has 5 rings (SSSR count). The highest BCUT2D eigenvalue weighted by molar-refractivity contribution is 8.76. The van der Waals surface area contributed by atoms with E-state index in [9.17, 15) is 43.5 Å². The summed E-state index contributed by atoms with van der Waals surface area (Å²) in [7, 11) is 2.15. The summed E-state index contributed by atoms with van der Waals surface area (Å²) in [6, 6.07) is 6.47. The third-order valence-electron chi connectivity index (χ3n) is 12.1. The molecular weight excluding hydrogens is 997 g/mol. The van der Waals surface area contributed by atoms with E-state index in [1.165, 1.54) is 6.92 Å². The second-order valence-electron chi connectivity index (χ2n) is 18.1. The van der Waals surface area contributed by atoms with Gasteiger partial charge in [-0.05, 0) is 95.1 Å². The van der Waals surface area contributed by atoms with Gasteiger partial charge in [0.2, 0.25) is 47.3 Å². The van der Waals surface area contributed by atoms with Crippen LogP contribution >= 0.6 is 21.6 Å². The summed E-state index contributed by atoms with van der Waals surface area (Å²) in [5.41, 5.74) is 19.2. The minimum atomic E-state index is -1.65. The highest BCUT2D eigenvalue weighted by atomic mass is 33.1. The lowest BCUT2D eigenvalue weighted by Gasteiger charge is -2.29. The number of carbonyl (C=O) groups excluding carboxylic acids is 8. The van der Waals surface area contributed by atoms with Gasteiger partial charge in [0.05, 0.1) is 12.1 Å². The van der Waals surface area contributed by atoms with Gasteiger partial charge in [0, 0.05) is 48.4 Å². The third-order valence-corrected chi connectivity index (χ3v) is 14.5. The summed E-state index contributed by atoms with van der Waals surface area (Å²) in [4.78, 5) is 124. The van der Waals surface area contributed by atoms with Crippen molar-refractivity contribution in [1.82, 2.24) is 47.5 Å². The number of unbranched alkanes of at least 4 members (excludes halogenated alkanes) is 2. The fraction of sp³-hybridized carbons (Fsp3) is 0.531. The zero-order valence-electron chi connectivity index (χ0n) is 41.7. The number of amides is 8. The Kier molecular flexibility index (Phi) is 25.7. The van der Waals surface area contributed by atoms with Crippen molar-refractivity contribution in [3.8, 4) is 0 Å². The first-order valence-corrected chi connectivity index (χ1v) is 27.2. The molecule has 74 heavy (non-hydrogen) atoms. The van der Waals surface area contributed by atoms with Gasteiger partial charge >= 0.3 is 0 Å². The van der Waals surface area contributed by atoms with Crippen molar-refractivity contribution < 1.29 is 53.4 Å². The Morgan fingerprint density at radius 1 is 0.730 bits per heavy atom. The summed E-state index contributed by atoms with van der Waals surface area (Å²) in [5.74, 6) is -7.12. The second kappa shape index (κ2) is 31.5. The van der Waals surface area contributed by atoms with E-state index in [1.54, 1.807) is 36.5 Å². The van der Waals surface area contributed by atoms with Crippen LogP contribution < -0.4 is 59.7 Å². The molecule has 1 aromatic heterocycles. The predicted octanol–water partition coefficient (Wildman–Crippen LogP) is -1.29. The SMILES string of the molecule is CC(=O)O.C[C@@H](O)C1NC(=O)C(CCCCN)NC(=O)[C@@H](Cc2c[nH]c3ccccc23)NC(=O)[C@H](Cc2ccccc2)NC(=O)C(NC(=O)[C@@H]2CCCN2)CSSC[C@@H](C(=O)N[C@@H](CCCCN)C(N)=O)NC1=O. The number of aliphatic carboxylic acids is 1. The molecule has 406 valence electrons. The number of nitrogens with one attached hydrogen (secondary N) is 9. The van der Waals surface area contributed by atoms with Gasteiger partial charge in [0.25, 0.3) is 5.97 Å². The van der Waals surface area contributed by atoms with Gasteiger partial charge < -0.3 is 74.9 Å². The molecule has 9 atom stereocenters. The van der Waals surface area contributed by atoms with Gasteiger partial charge in [-0.25, -0.2) is 0 Å². The van der Waals surface area contributed by atoms with Crippen molar-refractivity contribution in [3.63, 3.8) is 0 Å². The maximum Gasteiger partial charge on any atom is 0.300 e. The number of primary amides is 1. The molecule has 3 unspecified atom stereocenters. The highest BCUT2D eigenvalue weighted by Crippen LogP contribution is 2.25. The van der Waals surface area contributed by atoms with Crippen LogP contribution in [0.1, 0.15) is 76.3 Å². The van der Waals surface area contributed by atoms with E-state index in [4.69, 9.17) is 27.1 Å². The smallest absolute Gasteiger partial charge is 0.300 e. The number of hydrogen-bond acceptors (Lipinski definition) is 15. The molecule has 2 aromatic carbocycles. The lowest BCUT2D eigenvalue weighted by atomic mass is 10.0. The predicted molar refractivity (Wildman–Crippen MR) is 282 cm³/mol. The Morgan fingerprint density at radius 2 is 1.34 bits per heavy atom. The van der Waals surface area contributed by atoms with Crippen LogP contribution in [0.4, 0.5) is 0 Å². The highest BCUT2D eigenvalue weighted by Gasteiger charge is 2.37. The van der Waals surface area contributed by atoms with E-state index in [-0.39, 0.29) is 43.7 Å². The molecule has 8 amide bonds. The van der Waals surface area contributed by atoms with Crippen LogP contribution in [-0.4, -0.2) is 154 Å². The normalized spacial score (nSPS) is 23.3. The number of fused-ring (bicyclic) bond motifs is 1. The quantitative estimate of drug-likeness (QED) is 0.0521. The number of carboxylic acids is 1. The molecule has 0 bridgehead atoms. The van der Waals surface area contributed by atoms with Crippen molar-refractivity contribution in [2.75, 3.05) is 31.1 Å². The van der Waals surface area contributed by atoms with Crippen LogP contribution in [-0.2, 0) is 56.0 Å². The molecule has 0 aliphatic carbocycles. The number of aromatic amines is 1. The summed E-state index contributed by atoms with van der Waals surface area (Å²) in [6.07, 6.45) is 3.49. The number of aliphatic hydroxyl groups is 1. The molecular formula is C49H72N12O11S2. The molecule has 2 aliphatic rings. The van der Waals surface area contributed by atoms with Crippen molar-refractivity contribution in [2.45, 2.75) is 132 Å². The van der Waals surface area contributed by atoms with Crippen LogP contribution in [0, 0.1) is 0 Å². The number of H-pyrrole nitrogens is 1. The zero-order valence-corrected chi connectivity index (χ0v) is 43.3. The number of aromatic nitrogens is 1. The maximum atomic E-state index is 14.7. The Labute approximate surface area is 437 Å². The second-order valence-corrected chi connectivity index (χ2v) is 20.6. The van der Waals surface area contributed by atoms with E-state index in [0.29, 0.717) is 56.3 Å². The monoisotopic (exact) mass is 1070 g/mol. The first kappa shape index (κ1) is 60.3. The largest absolute Gasteiger partial charge is 0.481 e. The Bertz CT molecular complexity index is 2350. The van der Waals surface area contributed by atoms with E-state index in [0.717, 1.165) is 45.8 Å². The van der Waals surface area contributed by atoms with Crippen LogP contribution in [0.15, 0.2) is 60.8 Å². The number of carbonyl (C=O) groups is 9. The van der Waals surface area contributed by atoms with Gasteiger partial charge in [0.15, 0.2) is 0 Å². The van der Waals surface area contributed by atoms with E-state index >= 15 is 0 Å². The number of aliphatic hydroxyl groups excluding tert-OH is 1. The molecule has 3 aromatic rings. The summed E-state index contributed by atoms with van der Waals surface area (Å²) >= 11 is 0. The fourth-order valence-electron chi connectivity index (χ4n) is 8.12. The molecule has 23 nitrogen and oxygen atoms in total. The molecule has 3 heterocycles. The topological polar surface area (TPSA) is 384 Å². The van der Waals surface area contributed by atoms with Gasteiger partial charge in [-0.3, -0.25) is 43.2 Å².